The van der Waals surface area contributed by atoms with Crippen LogP contribution in [0, 0.1) is 11.8 Å². The summed E-state index contributed by atoms with van der Waals surface area (Å²) in [5, 5.41) is 9.41. The molecule has 298 valence electrons. The van der Waals surface area contributed by atoms with Crippen LogP contribution < -0.4 is 0 Å². The molecule has 0 saturated carbocycles. The first-order chi connectivity index (χ1) is 27.0. The highest BCUT2D eigenvalue weighted by Crippen LogP contribution is 2.24. The summed E-state index contributed by atoms with van der Waals surface area (Å²) < 4.78 is 16.2. The van der Waals surface area contributed by atoms with Crippen LogP contribution in [0.5, 0.6) is 0 Å². The van der Waals surface area contributed by atoms with Crippen molar-refractivity contribution in [2.45, 2.75) is 85.0 Å². The predicted molar refractivity (Wildman–Crippen MR) is 223 cm³/mol. The molecule has 8 nitrogen and oxygen atoms in total. The predicted octanol–water partition coefficient (Wildman–Crippen LogP) is 10.3. The second-order valence-electron chi connectivity index (χ2n) is 15.9. The maximum Gasteiger partial charge on any atom is 0.310 e. The summed E-state index contributed by atoms with van der Waals surface area (Å²) in [6.45, 7) is 10.9. The molecular formula is C49H54O8. The van der Waals surface area contributed by atoms with Gasteiger partial charge in [-0.25, -0.2) is 0 Å². The Morgan fingerprint density at radius 3 is 1.21 bits per heavy atom. The smallest absolute Gasteiger partial charge is 0.310 e. The molecule has 0 radical (unpaired) electrons. The minimum absolute atomic E-state index is 0.0225. The highest BCUT2D eigenvalue weighted by atomic mass is 16.6. The van der Waals surface area contributed by atoms with Gasteiger partial charge in [-0.3, -0.25) is 19.2 Å². The molecule has 0 unspecified atom stereocenters. The highest BCUT2D eigenvalue weighted by Gasteiger charge is 2.28. The quantitative estimate of drug-likeness (QED) is 0.0876. The number of hydrogen-bond acceptors (Lipinski definition) is 7. The van der Waals surface area contributed by atoms with E-state index in [-0.39, 0.29) is 19.4 Å². The van der Waals surface area contributed by atoms with E-state index < -0.39 is 46.9 Å². The van der Waals surface area contributed by atoms with Crippen molar-refractivity contribution in [3.8, 4) is 22.3 Å². The average molecular weight is 771 g/mol. The molecule has 1 N–H and O–H groups in total. The SMILES string of the molecule is CC(C)(C)OC(=O)C[C@H](Cc1ccc(-c2ccccc2)cc1)C(=O)O.CC(C)(C)OC(=O)C[C@H](Cc1ccc(-c2ccccc2)cc1)C(=O)OCc1ccccc1. The van der Waals surface area contributed by atoms with Crippen LogP contribution in [0.1, 0.15) is 71.1 Å². The molecule has 0 heterocycles. The van der Waals surface area contributed by atoms with E-state index in [0.29, 0.717) is 12.8 Å². The first-order valence-corrected chi connectivity index (χ1v) is 19.2. The molecule has 0 fully saturated rings. The number of carboxylic acids is 1. The van der Waals surface area contributed by atoms with Crippen LogP contribution in [0.25, 0.3) is 22.3 Å². The molecule has 0 aliphatic carbocycles. The molecule has 0 bridgehead atoms. The van der Waals surface area contributed by atoms with E-state index in [4.69, 9.17) is 14.2 Å². The van der Waals surface area contributed by atoms with E-state index in [0.717, 1.165) is 38.9 Å². The van der Waals surface area contributed by atoms with Crippen molar-refractivity contribution in [1.29, 1.82) is 0 Å². The van der Waals surface area contributed by atoms with Crippen molar-refractivity contribution in [3.05, 3.63) is 156 Å². The molecule has 0 aliphatic rings. The van der Waals surface area contributed by atoms with E-state index in [1.165, 1.54) is 0 Å². The summed E-state index contributed by atoms with van der Waals surface area (Å²) in [7, 11) is 0. The Balaban J connectivity index is 0.000000261. The third-order valence-corrected chi connectivity index (χ3v) is 8.66. The largest absolute Gasteiger partial charge is 0.481 e. The Bertz CT molecular complexity index is 2010. The first-order valence-electron chi connectivity index (χ1n) is 19.2. The fourth-order valence-corrected chi connectivity index (χ4v) is 6.00. The number of ether oxygens (including phenoxy) is 3. The van der Waals surface area contributed by atoms with Gasteiger partial charge in [0, 0.05) is 0 Å². The maximum atomic E-state index is 12.9. The summed E-state index contributed by atoms with van der Waals surface area (Å²) >= 11 is 0. The maximum absolute atomic E-state index is 12.9. The number of hydrogen-bond donors (Lipinski definition) is 1. The molecule has 5 rings (SSSR count). The summed E-state index contributed by atoms with van der Waals surface area (Å²) in [4.78, 5) is 48.7. The van der Waals surface area contributed by atoms with Crippen LogP contribution >= 0.6 is 0 Å². The zero-order valence-corrected chi connectivity index (χ0v) is 33.8. The number of aliphatic carboxylic acids is 1. The molecule has 0 saturated heterocycles. The van der Waals surface area contributed by atoms with Crippen molar-refractivity contribution in [2.24, 2.45) is 11.8 Å². The lowest BCUT2D eigenvalue weighted by Crippen LogP contribution is -2.29. The minimum atomic E-state index is -0.988. The highest BCUT2D eigenvalue weighted by molar-refractivity contribution is 5.81. The molecule has 5 aromatic carbocycles. The average Bonchev–Trinajstić information content (AvgIpc) is 3.17. The van der Waals surface area contributed by atoms with Gasteiger partial charge >= 0.3 is 23.9 Å². The first kappa shape index (κ1) is 43.7. The summed E-state index contributed by atoms with van der Waals surface area (Å²) in [5.41, 5.74) is 5.96. The zero-order chi connectivity index (χ0) is 41.4. The lowest BCUT2D eigenvalue weighted by Gasteiger charge is -2.22. The summed E-state index contributed by atoms with van der Waals surface area (Å²) in [6.07, 6.45) is 0.546. The van der Waals surface area contributed by atoms with E-state index in [1.54, 1.807) is 20.8 Å². The Kier molecular flexibility index (Phi) is 15.9. The number of carboxylic acid groups (broad SMARTS) is 1. The van der Waals surface area contributed by atoms with E-state index in [2.05, 4.69) is 12.1 Å². The zero-order valence-electron chi connectivity index (χ0n) is 33.8. The molecule has 57 heavy (non-hydrogen) atoms. The third kappa shape index (κ3) is 15.9. The lowest BCUT2D eigenvalue weighted by atomic mass is 9.94. The van der Waals surface area contributed by atoms with Crippen LogP contribution in [-0.2, 0) is 52.8 Å². The van der Waals surface area contributed by atoms with Crippen LogP contribution in [0.15, 0.2) is 140 Å². The second-order valence-corrected chi connectivity index (χ2v) is 15.9. The van der Waals surface area contributed by atoms with Crippen LogP contribution in [0.4, 0.5) is 0 Å². The number of benzene rings is 5. The van der Waals surface area contributed by atoms with Gasteiger partial charge in [-0.1, -0.05) is 140 Å². The third-order valence-electron chi connectivity index (χ3n) is 8.66. The molecule has 5 aromatic rings. The molecule has 0 amide bonds. The number of rotatable bonds is 14. The van der Waals surface area contributed by atoms with Gasteiger partial charge in [0.25, 0.3) is 0 Å². The van der Waals surface area contributed by atoms with E-state index in [1.807, 2.05) is 148 Å². The number of carbonyl (C=O) groups excluding carboxylic acids is 3. The Hall–Kier alpha value is -6.02. The normalized spacial score (nSPS) is 12.2. The van der Waals surface area contributed by atoms with Crippen molar-refractivity contribution >= 4 is 23.9 Å². The van der Waals surface area contributed by atoms with E-state index >= 15 is 0 Å². The van der Waals surface area contributed by atoms with Gasteiger partial charge in [0.05, 0.1) is 24.7 Å². The van der Waals surface area contributed by atoms with Gasteiger partial charge in [-0.05, 0) is 93.3 Å². The number of carbonyl (C=O) groups is 4. The lowest BCUT2D eigenvalue weighted by molar-refractivity contribution is -0.162. The van der Waals surface area contributed by atoms with Gasteiger partial charge in [-0.2, -0.15) is 0 Å². The van der Waals surface area contributed by atoms with Crippen molar-refractivity contribution in [2.75, 3.05) is 0 Å². The Morgan fingerprint density at radius 2 is 0.825 bits per heavy atom. The Labute approximate surface area is 336 Å². The fourth-order valence-electron chi connectivity index (χ4n) is 6.00. The van der Waals surface area contributed by atoms with Gasteiger partial charge in [0.1, 0.15) is 17.8 Å². The molecule has 0 aromatic heterocycles. The molecule has 0 aliphatic heterocycles. The topological polar surface area (TPSA) is 116 Å². The van der Waals surface area contributed by atoms with Gasteiger partial charge in [0.2, 0.25) is 0 Å². The molecule has 0 spiro atoms. The Morgan fingerprint density at radius 1 is 0.474 bits per heavy atom. The minimum Gasteiger partial charge on any atom is -0.481 e. The number of esters is 3. The fraction of sp³-hybridized carbons (Fsp3) is 0.306. The van der Waals surface area contributed by atoms with Crippen molar-refractivity contribution < 1.29 is 38.5 Å². The van der Waals surface area contributed by atoms with Crippen molar-refractivity contribution in [3.63, 3.8) is 0 Å². The molecule has 2 atom stereocenters. The second kappa shape index (κ2) is 20.8. The van der Waals surface area contributed by atoms with Gasteiger partial charge < -0.3 is 19.3 Å². The van der Waals surface area contributed by atoms with Crippen LogP contribution in [-0.4, -0.2) is 40.2 Å². The van der Waals surface area contributed by atoms with Crippen molar-refractivity contribution in [1.82, 2.24) is 0 Å². The van der Waals surface area contributed by atoms with Crippen LogP contribution in [0.3, 0.4) is 0 Å². The molecule has 8 heteroatoms. The van der Waals surface area contributed by atoms with E-state index in [9.17, 15) is 24.3 Å². The monoisotopic (exact) mass is 770 g/mol. The molecular weight excluding hydrogens is 717 g/mol. The van der Waals surface area contributed by atoms with Crippen LogP contribution in [0.2, 0.25) is 0 Å². The van der Waals surface area contributed by atoms with Gasteiger partial charge in [0.15, 0.2) is 0 Å². The van der Waals surface area contributed by atoms with Gasteiger partial charge in [-0.15, -0.1) is 0 Å². The standard InChI is InChI=1S/C28H30O4.C21H24O4/c1-28(2,3)32-26(29)19-25(27(30)31-20-22-10-6-4-7-11-22)18-21-14-16-24(17-15-21)23-12-8-5-9-13-23;1-21(2,3)25-19(22)14-18(20(23)24)13-15-9-11-17(12-10-15)16-7-5-4-6-8-16/h4-17,25H,18-20H2,1-3H3;4-12,18H,13-14H2,1-3H3,(H,23,24)/t25-;18-/m00/s1. The summed E-state index contributed by atoms with van der Waals surface area (Å²) in [5.74, 6) is -3.68. The summed E-state index contributed by atoms with van der Waals surface area (Å²) in [6, 6.07) is 45.4.